The fourth-order valence-electron chi connectivity index (χ4n) is 1.56. The molecule has 0 aliphatic rings. The molecule has 0 amide bonds. The number of nitrogen functional groups attached to an aromatic ring is 1. The molecule has 2 N–H and O–H groups in total. The van der Waals surface area contributed by atoms with Gasteiger partial charge < -0.3 is 10.5 Å². The third-order valence-electron chi connectivity index (χ3n) is 2.66. The van der Waals surface area contributed by atoms with Gasteiger partial charge in [-0.15, -0.1) is 0 Å². The molecule has 0 bridgehead atoms. The van der Waals surface area contributed by atoms with Gasteiger partial charge in [-0.2, -0.15) is 0 Å². The van der Waals surface area contributed by atoms with Crippen LogP contribution in [0.4, 0.5) is 14.6 Å². The molecule has 2 aromatic heterocycles. The van der Waals surface area contributed by atoms with Crippen molar-refractivity contribution in [1.29, 1.82) is 0 Å². The second-order valence-corrected chi connectivity index (χ2v) is 4.11. The summed E-state index contributed by atoms with van der Waals surface area (Å²) in [7, 11) is 0. The molecule has 7 heteroatoms. The molecule has 0 saturated heterocycles. The van der Waals surface area contributed by atoms with E-state index in [1.165, 1.54) is 24.7 Å². The lowest BCUT2D eigenvalue weighted by molar-refractivity contribution is 0.00746. The highest BCUT2D eigenvalue weighted by Gasteiger charge is 2.20. The van der Waals surface area contributed by atoms with Crippen LogP contribution in [0.1, 0.15) is 13.3 Å². The summed E-state index contributed by atoms with van der Waals surface area (Å²) in [5.74, 6) is 0.480. The Labute approximate surface area is 114 Å². The van der Waals surface area contributed by atoms with Crippen LogP contribution in [0.3, 0.4) is 0 Å². The number of halogens is 2. The number of anilines is 1. The zero-order valence-electron chi connectivity index (χ0n) is 10.8. The number of rotatable bonds is 5. The molecule has 1 unspecified atom stereocenters. The Morgan fingerprint density at radius 3 is 2.45 bits per heavy atom. The monoisotopic (exact) mass is 280 g/mol. The fraction of sp³-hybridized carbons (Fsp3) is 0.308. The lowest BCUT2D eigenvalue weighted by Gasteiger charge is -2.15. The summed E-state index contributed by atoms with van der Waals surface area (Å²) < 4.78 is 30.3. The molecule has 0 aliphatic heterocycles. The molecule has 0 spiro atoms. The maximum absolute atomic E-state index is 12.6. The van der Waals surface area contributed by atoms with Crippen molar-refractivity contribution in [2.24, 2.45) is 0 Å². The van der Waals surface area contributed by atoms with Crippen LogP contribution in [0.25, 0.3) is 11.3 Å². The molecule has 2 aromatic rings. The summed E-state index contributed by atoms with van der Waals surface area (Å²) in [4.78, 5) is 12.0. The molecular weight excluding hydrogens is 266 g/mol. The SMILES string of the molecule is CCC(Oc1ccc(-c2cnc(N)cn2)cn1)C(F)F. The number of ether oxygens (including phenoxy) is 1. The van der Waals surface area contributed by atoms with Crippen molar-refractivity contribution in [3.05, 3.63) is 30.7 Å². The first-order valence-corrected chi connectivity index (χ1v) is 6.09. The second kappa shape index (κ2) is 6.23. The number of aromatic nitrogens is 3. The van der Waals surface area contributed by atoms with E-state index in [0.29, 0.717) is 17.1 Å². The van der Waals surface area contributed by atoms with Crippen molar-refractivity contribution in [3.8, 4) is 17.1 Å². The fourth-order valence-corrected chi connectivity index (χ4v) is 1.56. The molecule has 106 valence electrons. The van der Waals surface area contributed by atoms with Crippen LogP contribution in [0.2, 0.25) is 0 Å². The number of hydrogen-bond acceptors (Lipinski definition) is 5. The van der Waals surface area contributed by atoms with E-state index in [-0.39, 0.29) is 12.3 Å². The second-order valence-electron chi connectivity index (χ2n) is 4.11. The van der Waals surface area contributed by atoms with E-state index in [0.717, 1.165) is 0 Å². The van der Waals surface area contributed by atoms with Crippen molar-refractivity contribution in [2.75, 3.05) is 5.73 Å². The van der Waals surface area contributed by atoms with E-state index in [9.17, 15) is 8.78 Å². The standard InChI is InChI=1S/C13H14F2N4O/c1-2-10(13(14)15)20-12-4-3-8(5-19-12)9-6-18-11(16)7-17-9/h3-7,10,13H,2H2,1H3,(H2,16,18). The van der Waals surface area contributed by atoms with Crippen LogP contribution in [0.15, 0.2) is 30.7 Å². The van der Waals surface area contributed by atoms with E-state index < -0.39 is 12.5 Å². The third-order valence-corrected chi connectivity index (χ3v) is 2.66. The van der Waals surface area contributed by atoms with Gasteiger partial charge in [-0.1, -0.05) is 6.92 Å². The molecule has 0 aromatic carbocycles. The lowest BCUT2D eigenvalue weighted by atomic mass is 10.2. The summed E-state index contributed by atoms with van der Waals surface area (Å²) >= 11 is 0. The summed E-state index contributed by atoms with van der Waals surface area (Å²) in [6, 6.07) is 3.21. The first-order valence-electron chi connectivity index (χ1n) is 6.09. The molecule has 20 heavy (non-hydrogen) atoms. The van der Waals surface area contributed by atoms with Gasteiger partial charge >= 0.3 is 0 Å². The molecule has 0 aliphatic carbocycles. The molecule has 0 radical (unpaired) electrons. The number of nitrogens with two attached hydrogens (primary N) is 1. The van der Waals surface area contributed by atoms with Gasteiger partial charge in [0, 0.05) is 17.8 Å². The van der Waals surface area contributed by atoms with Gasteiger partial charge in [-0.25, -0.2) is 18.7 Å². The van der Waals surface area contributed by atoms with Crippen LogP contribution < -0.4 is 10.5 Å². The minimum absolute atomic E-state index is 0.157. The maximum atomic E-state index is 12.6. The van der Waals surface area contributed by atoms with Gasteiger partial charge in [0.25, 0.3) is 6.43 Å². The van der Waals surface area contributed by atoms with Crippen molar-refractivity contribution >= 4 is 5.82 Å². The van der Waals surface area contributed by atoms with E-state index in [2.05, 4.69) is 15.0 Å². The lowest BCUT2D eigenvalue weighted by Crippen LogP contribution is -2.24. The molecular formula is C13H14F2N4O. The Balaban J connectivity index is 2.12. The highest BCUT2D eigenvalue weighted by Crippen LogP contribution is 2.20. The molecule has 2 heterocycles. The number of nitrogens with zero attached hydrogens (tertiary/aromatic N) is 3. The Kier molecular flexibility index (Phi) is 4.39. The topological polar surface area (TPSA) is 73.9 Å². The van der Waals surface area contributed by atoms with E-state index in [4.69, 9.17) is 10.5 Å². The average molecular weight is 280 g/mol. The van der Waals surface area contributed by atoms with Gasteiger partial charge in [0.1, 0.15) is 5.82 Å². The largest absolute Gasteiger partial charge is 0.468 e. The zero-order valence-corrected chi connectivity index (χ0v) is 10.8. The minimum atomic E-state index is -2.54. The number of pyridine rings is 1. The zero-order chi connectivity index (χ0) is 14.5. The van der Waals surface area contributed by atoms with Gasteiger partial charge in [0.2, 0.25) is 5.88 Å². The smallest absolute Gasteiger partial charge is 0.274 e. The highest BCUT2D eigenvalue weighted by molar-refractivity contribution is 5.57. The predicted molar refractivity (Wildman–Crippen MR) is 70.4 cm³/mol. The summed E-state index contributed by atoms with van der Waals surface area (Å²) in [6.45, 7) is 1.63. The minimum Gasteiger partial charge on any atom is -0.468 e. The van der Waals surface area contributed by atoms with E-state index >= 15 is 0 Å². The quantitative estimate of drug-likeness (QED) is 0.911. The van der Waals surface area contributed by atoms with Crippen molar-refractivity contribution in [2.45, 2.75) is 25.9 Å². The van der Waals surface area contributed by atoms with Crippen molar-refractivity contribution in [3.63, 3.8) is 0 Å². The maximum Gasteiger partial charge on any atom is 0.274 e. The van der Waals surface area contributed by atoms with Crippen LogP contribution in [-0.4, -0.2) is 27.5 Å². The van der Waals surface area contributed by atoms with E-state index in [1.807, 2.05) is 0 Å². The summed E-state index contributed by atoms with van der Waals surface area (Å²) in [5, 5.41) is 0. The average Bonchev–Trinajstić information content (AvgIpc) is 2.46. The molecule has 0 fully saturated rings. The summed E-state index contributed by atoms with van der Waals surface area (Å²) in [5.41, 5.74) is 6.75. The van der Waals surface area contributed by atoms with Crippen LogP contribution >= 0.6 is 0 Å². The van der Waals surface area contributed by atoms with Gasteiger partial charge in [-0.3, -0.25) is 4.98 Å². The molecule has 1 atom stereocenters. The van der Waals surface area contributed by atoms with Gasteiger partial charge in [0.15, 0.2) is 6.10 Å². The Morgan fingerprint density at radius 1 is 1.15 bits per heavy atom. The van der Waals surface area contributed by atoms with Crippen LogP contribution in [0.5, 0.6) is 5.88 Å². The number of alkyl halides is 2. The summed E-state index contributed by atoms with van der Waals surface area (Å²) in [6.07, 6.45) is 0.970. The van der Waals surface area contributed by atoms with Crippen LogP contribution in [0, 0.1) is 0 Å². The van der Waals surface area contributed by atoms with E-state index in [1.54, 1.807) is 13.0 Å². The Morgan fingerprint density at radius 2 is 1.95 bits per heavy atom. The Hall–Kier alpha value is -2.31. The van der Waals surface area contributed by atoms with Crippen molar-refractivity contribution < 1.29 is 13.5 Å². The molecule has 2 rings (SSSR count). The van der Waals surface area contributed by atoms with Gasteiger partial charge in [0.05, 0.1) is 18.1 Å². The number of hydrogen-bond donors (Lipinski definition) is 1. The third kappa shape index (κ3) is 3.37. The van der Waals surface area contributed by atoms with Crippen molar-refractivity contribution in [1.82, 2.24) is 15.0 Å². The normalized spacial score (nSPS) is 12.4. The predicted octanol–water partition coefficient (Wildman–Crippen LogP) is 2.54. The first-order chi connectivity index (χ1) is 9.60. The molecule has 0 saturated carbocycles. The first kappa shape index (κ1) is 14.1. The van der Waals surface area contributed by atoms with Gasteiger partial charge in [-0.05, 0) is 12.5 Å². The van der Waals surface area contributed by atoms with Crippen LogP contribution in [-0.2, 0) is 0 Å². The Bertz CT molecular complexity index is 545. The molecule has 5 nitrogen and oxygen atoms in total. The highest BCUT2D eigenvalue weighted by atomic mass is 19.3.